The minimum absolute atomic E-state index is 0.309. The van der Waals surface area contributed by atoms with Crippen molar-refractivity contribution in [3.8, 4) is 0 Å². The van der Waals surface area contributed by atoms with E-state index < -0.39 is 0 Å². The third-order valence-corrected chi connectivity index (χ3v) is 2.34. The lowest BCUT2D eigenvalue weighted by molar-refractivity contribution is 0.157. The zero-order valence-electron chi connectivity index (χ0n) is 11.4. The zero-order chi connectivity index (χ0) is 14.1. The first-order valence-corrected chi connectivity index (χ1v) is 5.97. The molecule has 0 fully saturated rings. The Kier molecular flexibility index (Phi) is 6.08. The molecule has 0 bridgehead atoms. The predicted molar refractivity (Wildman–Crippen MR) is 80.4 cm³/mol. The maximum atomic E-state index is 5.28. The maximum absolute atomic E-state index is 5.28. The summed E-state index contributed by atoms with van der Waals surface area (Å²) < 4.78 is 0. The summed E-state index contributed by atoms with van der Waals surface area (Å²) in [6.45, 7) is 4.61. The van der Waals surface area contributed by atoms with E-state index >= 15 is 0 Å². The summed E-state index contributed by atoms with van der Waals surface area (Å²) >= 11 is 0. The number of nitrogens with zero attached hydrogens (tertiary/aromatic N) is 4. The smallest absolute Gasteiger partial charge is 0.139 e. The lowest BCUT2D eigenvalue weighted by Crippen LogP contribution is -2.15. The summed E-state index contributed by atoms with van der Waals surface area (Å²) in [7, 11) is 2.02. The number of amidine groups is 1. The van der Waals surface area contributed by atoms with Crippen LogP contribution in [0.15, 0.2) is 39.6 Å². The topological polar surface area (TPSA) is 75.6 Å². The maximum Gasteiger partial charge on any atom is 0.139 e. The predicted octanol–water partition coefficient (Wildman–Crippen LogP) is 2.14. The fourth-order valence-electron chi connectivity index (χ4n) is 1.32. The molecule has 0 aliphatic rings. The highest BCUT2D eigenvalue weighted by Crippen LogP contribution is 2.26. The quantitative estimate of drug-likeness (QED) is 0.484. The summed E-state index contributed by atoms with van der Waals surface area (Å²) in [5.74, 6) is 0.309. The van der Waals surface area contributed by atoms with Gasteiger partial charge in [-0.15, -0.1) is 0 Å². The summed E-state index contributed by atoms with van der Waals surface area (Å²) in [5, 5.41) is 7.02. The van der Waals surface area contributed by atoms with Gasteiger partial charge in [-0.3, -0.25) is 4.99 Å². The lowest BCUT2D eigenvalue weighted by atomic mass is 10.2. The summed E-state index contributed by atoms with van der Waals surface area (Å²) in [5.41, 5.74) is 7.21. The fraction of sp³-hybridized carbons (Fsp3) is 0.308. The standard InChI is InChI=1S/C13H19N5O/c1-4-18(3)13-8-6-5-7-12(13)15-9-10-16-19-17-11(2)14/h5-10H,4H2,1-3H3,(H2,14,17)/b15-9?,16-10+. The summed E-state index contributed by atoms with van der Waals surface area (Å²) in [6.07, 6.45) is 2.96. The molecule has 1 aromatic carbocycles. The molecule has 0 atom stereocenters. The Morgan fingerprint density at radius 1 is 1.37 bits per heavy atom. The van der Waals surface area contributed by atoms with Crippen molar-refractivity contribution in [3.63, 3.8) is 0 Å². The first-order valence-electron chi connectivity index (χ1n) is 5.97. The zero-order valence-corrected chi connectivity index (χ0v) is 11.4. The van der Waals surface area contributed by atoms with Crippen molar-refractivity contribution in [3.05, 3.63) is 24.3 Å². The van der Waals surface area contributed by atoms with Gasteiger partial charge in [0.1, 0.15) is 5.84 Å². The third kappa shape index (κ3) is 5.20. The molecule has 0 amide bonds. The van der Waals surface area contributed by atoms with Crippen molar-refractivity contribution in [2.75, 3.05) is 18.5 Å². The van der Waals surface area contributed by atoms with Crippen LogP contribution in [-0.2, 0) is 4.94 Å². The van der Waals surface area contributed by atoms with Gasteiger partial charge >= 0.3 is 0 Å². The van der Waals surface area contributed by atoms with E-state index in [1.54, 1.807) is 13.1 Å². The Hall–Kier alpha value is -2.37. The molecule has 19 heavy (non-hydrogen) atoms. The average molecular weight is 261 g/mol. The molecular weight excluding hydrogens is 242 g/mol. The minimum Gasteiger partial charge on any atom is -0.385 e. The largest absolute Gasteiger partial charge is 0.385 e. The molecule has 6 heteroatoms. The van der Waals surface area contributed by atoms with E-state index in [0.29, 0.717) is 5.84 Å². The Morgan fingerprint density at radius 2 is 2.11 bits per heavy atom. The van der Waals surface area contributed by atoms with E-state index in [1.165, 1.54) is 6.21 Å². The van der Waals surface area contributed by atoms with Crippen molar-refractivity contribution >= 4 is 29.6 Å². The molecule has 0 heterocycles. The number of anilines is 1. The highest BCUT2D eigenvalue weighted by Gasteiger charge is 2.02. The second-order valence-electron chi connectivity index (χ2n) is 3.85. The highest BCUT2D eigenvalue weighted by molar-refractivity contribution is 6.16. The van der Waals surface area contributed by atoms with Gasteiger partial charge in [-0.2, -0.15) is 0 Å². The Balaban J connectivity index is 2.69. The third-order valence-electron chi connectivity index (χ3n) is 2.34. The number of hydrogen-bond acceptors (Lipinski definition) is 5. The average Bonchev–Trinajstić information content (AvgIpc) is 2.42. The van der Waals surface area contributed by atoms with Gasteiger partial charge < -0.3 is 10.6 Å². The lowest BCUT2D eigenvalue weighted by Gasteiger charge is -2.18. The van der Waals surface area contributed by atoms with Crippen LogP contribution in [0.4, 0.5) is 11.4 Å². The number of aliphatic imine (C=N–C) groups is 1. The Labute approximate surface area is 113 Å². The van der Waals surface area contributed by atoms with E-state index in [1.807, 2.05) is 31.3 Å². The molecule has 0 saturated carbocycles. The van der Waals surface area contributed by atoms with E-state index in [4.69, 9.17) is 5.73 Å². The second kappa shape index (κ2) is 7.86. The van der Waals surface area contributed by atoms with Crippen molar-refractivity contribution in [1.29, 1.82) is 0 Å². The molecule has 0 spiro atoms. The second-order valence-corrected chi connectivity index (χ2v) is 3.85. The van der Waals surface area contributed by atoms with E-state index in [2.05, 4.69) is 32.1 Å². The first kappa shape index (κ1) is 14.7. The van der Waals surface area contributed by atoms with E-state index in [0.717, 1.165) is 17.9 Å². The number of para-hydroxylation sites is 2. The molecule has 1 aromatic rings. The van der Waals surface area contributed by atoms with Crippen LogP contribution in [0.1, 0.15) is 13.8 Å². The molecule has 0 aromatic heterocycles. The molecule has 0 unspecified atom stereocenters. The van der Waals surface area contributed by atoms with Crippen LogP contribution in [0, 0.1) is 0 Å². The normalized spacial score (nSPS) is 12.3. The summed E-state index contributed by atoms with van der Waals surface area (Å²) in [4.78, 5) is 11.0. The Morgan fingerprint density at radius 3 is 2.79 bits per heavy atom. The number of nitrogens with two attached hydrogens (primary N) is 1. The van der Waals surface area contributed by atoms with Crippen molar-refractivity contribution in [2.45, 2.75) is 13.8 Å². The van der Waals surface area contributed by atoms with Crippen LogP contribution in [0.2, 0.25) is 0 Å². The van der Waals surface area contributed by atoms with Crippen LogP contribution >= 0.6 is 0 Å². The number of rotatable bonds is 6. The van der Waals surface area contributed by atoms with Crippen molar-refractivity contribution < 1.29 is 4.94 Å². The van der Waals surface area contributed by atoms with Gasteiger partial charge in [0.25, 0.3) is 0 Å². The van der Waals surface area contributed by atoms with E-state index in [9.17, 15) is 0 Å². The molecule has 0 aliphatic heterocycles. The van der Waals surface area contributed by atoms with Gasteiger partial charge in [-0.25, -0.2) is 4.94 Å². The van der Waals surface area contributed by atoms with Crippen LogP contribution in [0.3, 0.4) is 0 Å². The van der Waals surface area contributed by atoms with Crippen LogP contribution in [-0.4, -0.2) is 31.9 Å². The van der Waals surface area contributed by atoms with Crippen LogP contribution in [0.25, 0.3) is 0 Å². The molecule has 0 aliphatic carbocycles. The SMILES string of the molecule is CCN(C)c1ccccc1N=C/C=N/O/N=C(\C)N. The molecule has 0 radical (unpaired) electrons. The van der Waals surface area contributed by atoms with Crippen molar-refractivity contribution in [2.24, 2.45) is 21.0 Å². The molecule has 1 rings (SSSR count). The number of oxime groups is 2. The minimum atomic E-state index is 0.309. The molecule has 102 valence electrons. The van der Waals surface area contributed by atoms with Gasteiger partial charge in [0, 0.05) is 19.8 Å². The molecular formula is C13H19N5O. The highest BCUT2D eigenvalue weighted by atomic mass is 16.8. The molecule has 2 N–H and O–H groups in total. The summed E-state index contributed by atoms with van der Waals surface area (Å²) in [6, 6.07) is 7.88. The number of hydrogen-bond donors (Lipinski definition) is 1. The van der Waals surface area contributed by atoms with Gasteiger partial charge in [0.15, 0.2) is 0 Å². The van der Waals surface area contributed by atoms with Gasteiger partial charge in [0.05, 0.1) is 17.6 Å². The molecule has 6 nitrogen and oxygen atoms in total. The van der Waals surface area contributed by atoms with Gasteiger partial charge in [0.2, 0.25) is 0 Å². The first-order chi connectivity index (χ1) is 9.15. The van der Waals surface area contributed by atoms with Crippen molar-refractivity contribution in [1.82, 2.24) is 0 Å². The monoisotopic (exact) mass is 261 g/mol. The van der Waals surface area contributed by atoms with E-state index in [-0.39, 0.29) is 0 Å². The number of benzene rings is 1. The van der Waals surface area contributed by atoms with Gasteiger partial charge in [-0.1, -0.05) is 17.3 Å². The fourth-order valence-corrected chi connectivity index (χ4v) is 1.32. The van der Waals surface area contributed by atoms with Crippen LogP contribution < -0.4 is 10.6 Å². The van der Waals surface area contributed by atoms with Crippen LogP contribution in [0.5, 0.6) is 0 Å². The van der Waals surface area contributed by atoms with Gasteiger partial charge in [-0.05, 0) is 31.1 Å². The molecule has 0 saturated heterocycles. The Bertz CT molecular complexity index is 478.